The number of aromatic nitrogens is 2. The molecule has 0 spiro atoms. The molecule has 0 radical (unpaired) electrons. The van der Waals surface area contributed by atoms with Gasteiger partial charge in [-0.05, 0) is 40.0 Å². The molecule has 0 saturated carbocycles. The maximum atomic E-state index is 8.90. The van der Waals surface area contributed by atoms with Gasteiger partial charge in [-0.25, -0.2) is 0 Å². The zero-order valence-electron chi connectivity index (χ0n) is 9.49. The highest BCUT2D eigenvalue weighted by Gasteiger charge is 2.25. The Bertz CT molecular complexity index is 398. The van der Waals surface area contributed by atoms with Crippen molar-refractivity contribution in [2.75, 3.05) is 0 Å². The van der Waals surface area contributed by atoms with Crippen molar-refractivity contribution in [3.63, 3.8) is 0 Å². The molecule has 1 heterocycles. The minimum absolute atomic E-state index is 0.00844. The Morgan fingerprint density at radius 2 is 2.13 bits per heavy atom. The van der Waals surface area contributed by atoms with Gasteiger partial charge in [-0.3, -0.25) is 4.68 Å². The van der Waals surface area contributed by atoms with E-state index in [2.05, 4.69) is 31.0 Å². The number of oxime groups is 1. The Hall–Kier alpha value is -1.32. The Balaban J connectivity index is 2.52. The molecular formula is C11H17N3O. The molecule has 0 fully saturated rings. The third-order valence-corrected chi connectivity index (χ3v) is 2.76. The molecular weight excluding hydrogens is 190 g/mol. The third kappa shape index (κ3) is 1.64. The second kappa shape index (κ2) is 3.36. The molecule has 1 aromatic heterocycles. The number of fused-ring (bicyclic) bond motifs is 1. The topological polar surface area (TPSA) is 50.4 Å². The number of rotatable bonds is 0. The van der Waals surface area contributed by atoms with Gasteiger partial charge in [0.2, 0.25) is 0 Å². The zero-order chi connectivity index (χ0) is 11.1. The zero-order valence-corrected chi connectivity index (χ0v) is 9.49. The minimum atomic E-state index is -0.00844. The van der Waals surface area contributed by atoms with E-state index < -0.39 is 0 Å². The minimum Gasteiger partial charge on any atom is -0.411 e. The Labute approximate surface area is 89.6 Å². The maximum Gasteiger partial charge on any atom is 0.0902 e. The first kappa shape index (κ1) is 10.2. The van der Waals surface area contributed by atoms with Crippen molar-refractivity contribution in [1.82, 2.24) is 9.78 Å². The van der Waals surface area contributed by atoms with Crippen LogP contribution in [0.2, 0.25) is 0 Å². The highest BCUT2D eigenvalue weighted by Crippen LogP contribution is 2.26. The molecule has 0 amide bonds. The van der Waals surface area contributed by atoms with Gasteiger partial charge in [-0.15, -0.1) is 0 Å². The second-order valence-corrected chi connectivity index (χ2v) is 4.99. The van der Waals surface area contributed by atoms with Crippen molar-refractivity contribution in [1.29, 1.82) is 0 Å². The van der Waals surface area contributed by atoms with Crippen LogP contribution in [0.1, 0.15) is 44.9 Å². The fourth-order valence-corrected chi connectivity index (χ4v) is 2.10. The van der Waals surface area contributed by atoms with Crippen LogP contribution < -0.4 is 0 Å². The summed E-state index contributed by atoms with van der Waals surface area (Å²) in [5.41, 5.74) is 2.97. The molecule has 0 aliphatic heterocycles. The lowest BCUT2D eigenvalue weighted by molar-refractivity contribution is 0.316. The van der Waals surface area contributed by atoms with E-state index in [-0.39, 0.29) is 5.54 Å². The monoisotopic (exact) mass is 207 g/mol. The summed E-state index contributed by atoms with van der Waals surface area (Å²) in [7, 11) is 0. The molecule has 0 bridgehead atoms. The number of hydrogen-bond acceptors (Lipinski definition) is 3. The van der Waals surface area contributed by atoms with Gasteiger partial charge < -0.3 is 5.21 Å². The van der Waals surface area contributed by atoms with Crippen LogP contribution in [0.4, 0.5) is 0 Å². The highest BCUT2D eigenvalue weighted by molar-refractivity contribution is 6.01. The molecule has 1 aliphatic carbocycles. The van der Waals surface area contributed by atoms with Gasteiger partial charge in [0.1, 0.15) is 0 Å². The molecule has 2 rings (SSSR count). The first-order chi connectivity index (χ1) is 7.04. The molecule has 15 heavy (non-hydrogen) atoms. The van der Waals surface area contributed by atoms with Crippen molar-refractivity contribution in [3.05, 3.63) is 17.5 Å². The first-order valence-electron chi connectivity index (χ1n) is 5.32. The van der Waals surface area contributed by atoms with Gasteiger partial charge in [0.25, 0.3) is 0 Å². The van der Waals surface area contributed by atoms with Gasteiger partial charge in [0.15, 0.2) is 0 Å². The average Bonchev–Trinajstić information content (AvgIpc) is 2.59. The molecule has 0 atom stereocenters. The summed E-state index contributed by atoms with van der Waals surface area (Å²) in [4.78, 5) is 0. The lowest BCUT2D eigenvalue weighted by atomic mass is 9.95. The van der Waals surface area contributed by atoms with Crippen LogP contribution in [-0.4, -0.2) is 20.7 Å². The predicted octanol–water partition coefficient (Wildman–Crippen LogP) is 2.15. The number of hydrogen-bond donors (Lipinski definition) is 1. The van der Waals surface area contributed by atoms with E-state index in [4.69, 9.17) is 5.21 Å². The van der Waals surface area contributed by atoms with E-state index in [1.807, 2.05) is 10.9 Å². The van der Waals surface area contributed by atoms with E-state index in [1.165, 1.54) is 5.69 Å². The first-order valence-corrected chi connectivity index (χ1v) is 5.32. The average molecular weight is 207 g/mol. The molecule has 0 aromatic carbocycles. The summed E-state index contributed by atoms with van der Waals surface area (Å²) in [6.07, 6.45) is 4.72. The van der Waals surface area contributed by atoms with Crippen molar-refractivity contribution < 1.29 is 5.21 Å². The Morgan fingerprint density at radius 3 is 2.73 bits per heavy atom. The maximum absolute atomic E-state index is 8.90. The standard InChI is InChI=1S/C11H17N3O/c1-11(2,3)14-10-6-4-5-9(13-15)8(10)7-12-14/h7,15H,4-6H2,1-3H3. The Kier molecular flexibility index (Phi) is 2.29. The van der Waals surface area contributed by atoms with E-state index in [9.17, 15) is 0 Å². The largest absolute Gasteiger partial charge is 0.411 e. The summed E-state index contributed by atoms with van der Waals surface area (Å²) < 4.78 is 2.03. The van der Waals surface area contributed by atoms with Gasteiger partial charge >= 0.3 is 0 Å². The van der Waals surface area contributed by atoms with Gasteiger partial charge in [-0.1, -0.05) is 5.16 Å². The van der Waals surface area contributed by atoms with Crippen molar-refractivity contribution >= 4 is 5.71 Å². The molecule has 1 aromatic rings. The fourth-order valence-electron chi connectivity index (χ4n) is 2.10. The smallest absolute Gasteiger partial charge is 0.0902 e. The molecule has 4 heteroatoms. The van der Waals surface area contributed by atoms with E-state index in [1.54, 1.807) is 0 Å². The lowest BCUT2D eigenvalue weighted by Gasteiger charge is -2.24. The van der Waals surface area contributed by atoms with E-state index in [0.717, 1.165) is 30.5 Å². The lowest BCUT2D eigenvalue weighted by Crippen LogP contribution is -2.27. The summed E-state index contributed by atoms with van der Waals surface area (Å²) in [5, 5.41) is 16.6. The molecule has 4 nitrogen and oxygen atoms in total. The van der Waals surface area contributed by atoms with Crippen LogP contribution in [-0.2, 0) is 12.0 Å². The molecule has 0 saturated heterocycles. The molecule has 82 valence electrons. The second-order valence-electron chi connectivity index (χ2n) is 4.99. The normalized spacial score (nSPS) is 19.3. The molecule has 1 N–H and O–H groups in total. The van der Waals surface area contributed by atoms with Crippen LogP contribution in [0, 0.1) is 0 Å². The van der Waals surface area contributed by atoms with E-state index in [0.29, 0.717) is 0 Å². The summed E-state index contributed by atoms with van der Waals surface area (Å²) >= 11 is 0. The van der Waals surface area contributed by atoms with Crippen LogP contribution in [0.3, 0.4) is 0 Å². The highest BCUT2D eigenvalue weighted by atomic mass is 16.4. The third-order valence-electron chi connectivity index (χ3n) is 2.76. The fraction of sp³-hybridized carbons (Fsp3) is 0.636. The number of nitrogens with zero attached hydrogens (tertiary/aromatic N) is 3. The van der Waals surface area contributed by atoms with Crippen LogP contribution >= 0.6 is 0 Å². The molecule has 1 aliphatic rings. The van der Waals surface area contributed by atoms with Gasteiger partial charge in [0, 0.05) is 11.3 Å². The van der Waals surface area contributed by atoms with E-state index >= 15 is 0 Å². The SMILES string of the molecule is CC(C)(C)n1ncc2c1CCCC2=NO. The summed E-state index contributed by atoms with van der Waals surface area (Å²) in [5.74, 6) is 0. The van der Waals surface area contributed by atoms with Crippen molar-refractivity contribution in [3.8, 4) is 0 Å². The summed E-state index contributed by atoms with van der Waals surface area (Å²) in [6.45, 7) is 6.39. The van der Waals surface area contributed by atoms with Gasteiger partial charge in [-0.2, -0.15) is 5.10 Å². The predicted molar refractivity (Wildman–Crippen MR) is 58.5 cm³/mol. The Morgan fingerprint density at radius 1 is 1.40 bits per heavy atom. The van der Waals surface area contributed by atoms with Crippen molar-refractivity contribution in [2.45, 2.75) is 45.6 Å². The van der Waals surface area contributed by atoms with Gasteiger partial charge in [0.05, 0.1) is 17.4 Å². The van der Waals surface area contributed by atoms with Crippen LogP contribution in [0.25, 0.3) is 0 Å². The molecule has 0 unspecified atom stereocenters. The quantitative estimate of drug-likeness (QED) is 0.523. The van der Waals surface area contributed by atoms with Crippen LogP contribution in [0.15, 0.2) is 11.4 Å². The summed E-state index contributed by atoms with van der Waals surface area (Å²) in [6, 6.07) is 0. The van der Waals surface area contributed by atoms with Crippen LogP contribution in [0.5, 0.6) is 0 Å². The van der Waals surface area contributed by atoms with Crippen molar-refractivity contribution in [2.24, 2.45) is 5.16 Å².